The van der Waals surface area contributed by atoms with Crippen LogP contribution in [0.5, 0.6) is 0 Å². The highest BCUT2D eigenvalue weighted by molar-refractivity contribution is 5.97. The molecule has 1 aromatic carbocycles. The molecule has 2 saturated heterocycles. The Kier molecular flexibility index (Phi) is 4.56. The Labute approximate surface area is 173 Å². The van der Waals surface area contributed by atoms with Crippen LogP contribution in [0, 0.1) is 5.82 Å². The average molecular weight is 411 g/mol. The summed E-state index contributed by atoms with van der Waals surface area (Å²) in [5.74, 6) is -0.417. The van der Waals surface area contributed by atoms with Crippen LogP contribution in [0.2, 0.25) is 0 Å². The molecule has 4 heterocycles. The molecular weight excluding hydrogens is 389 g/mol. The molecule has 1 spiro atoms. The van der Waals surface area contributed by atoms with Gasteiger partial charge in [0.1, 0.15) is 5.82 Å². The van der Waals surface area contributed by atoms with E-state index in [0.29, 0.717) is 37.1 Å². The van der Waals surface area contributed by atoms with Crippen LogP contribution >= 0.6 is 0 Å². The first kappa shape index (κ1) is 18.8. The summed E-state index contributed by atoms with van der Waals surface area (Å²) in [7, 11) is 0. The van der Waals surface area contributed by atoms with Gasteiger partial charge in [0.15, 0.2) is 0 Å². The first-order valence-corrected chi connectivity index (χ1v) is 9.96. The fourth-order valence-corrected chi connectivity index (χ4v) is 4.39. The Morgan fingerprint density at radius 1 is 1.23 bits per heavy atom. The van der Waals surface area contributed by atoms with Crippen LogP contribution in [-0.4, -0.2) is 52.0 Å². The predicted molar refractivity (Wildman–Crippen MR) is 105 cm³/mol. The quantitative estimate of drug-likeness (QED) is 0.777. The summed E-state index contributed by atoms with van der Waals surface area (Å²) in [6.45, 7) is 1.47. The maximum atomic E-state index is 14.1. The highest BCUT2D eigenvalue weighted by Gasteiger charge is 2.47. The van der Waals surface area contributed by atoms with Crippen molar-refractivity contribution >= 4 is 11.8 Å². The number of halogens is 1. The van der Waals surface area contributed by atoms with E-state index in [-0.39, 0.29) is 30.7 Å². The largest absolute Gasteiger partial charge is 0.338 e. The topological polar surface area (TPSA) is 77.1 Å². The van der Waals surface area contributed by atoms with Gasteiger partial charge >= 0.3 is 0 Å². The summed E-state index contributed by atoms with van der Waals surface area (Å²) in [5, 5.41) is 4.87. The Hall–Kier alpha value is -3.17. The number of carbonyl (C=O) groups is 2. The van der Waals surface area contributed by atoms with Gasteiger partial charge in [-0.25, -0.2) is 14.9 Å². The molecule has 156 valence electrons. The maximum Gasteiger partial charge on any atom is 0.253 e. The van der Waals surface area contributed by atoms with Crippen LogP contribution in [0.1, 0.15) is 18.4 Å². The molecule has 0 aliphatic carbocycles. The van der Waals surface area contributed by atoms with Crippen LogP contribution in [0.4, 0.5) is 4.39 Å². The Morgan fingerprint density at radius 2 is 2.03 bits per heavy atom. The third kappa shape index (κ3) is 3.16. The minimum absolute atomic E-state index is 0.0447. The fraction of sp³-hybridized carbons (Fsp3) is 0.333. The van der Waals surface area contributed by atoms with Crippen molar-refractivity contribution in [2.24, 2.45) is 0 Å². The van der Waals surface area contributed by atoms with Gasteiger partial charge in [-0.15, -0.1) is 0 Å². The molecule has 2 fully saturated rings. The lowest BCUT2D eigenvalue weighted by Gasteiger charge is -2.44. The lowest BCUT2D eigenvalue weighted by molar-refractivity contribution is -0.135. The number of rotatable bonds is 3. The van der Waals surface area contributed by atoms with E-state index in [1.807, 2.05) is 0 Å². The summed E-state index contributed by atoms with van der Waals surface area (Å²) in [4.78, 5) is 34.2. The molecule has 0 radical (unpaired) electrons. The molecular formula is C21H22FN5O3. The van der Waals surface area contributed by atoms with E-state index < -0.39 is 5.66 Å². The van der Waals surface area contributed by atoms with E-state index in [1.54, 1.807) is 52.6 Å². The van der Waals surface area contributed by atoms with Crippen molar-refractivity contribution in [2.75, 3.05) is 19.6 Å². The number of fused-ring (bicyclic) bond motifs is 1. The Bertz CT molecular complexity index is 981. The van der Waals surface area contributed by atoms with Crippen molar-refractivity contribution < 1.29 is 18.9 Å². The fourth-order valence-electron chi connectivity index (χ4n) is 4.39. The zero-order valence-electron chi connectivity index (χ0n) is 16.3. The molecule has 0 aromatic heterocycles. The van der Waals surface area contributed by atoms with Gasteiger partial charge < -0.3 is 9.80 Å². The standard InChI is InChI=1S/C21H22FN5O3/c22-18-4-2-1-3-16(18)14-26-19(28)13-23-21(26)6-9-25(10-7-21)20(29)15-5-8-27-17(11-15)12-24-30-27/h1-5,8,11-12,23-24H,6-7,9-10,13-14H2. The van der Waals surface area contributed by atoms with E-state index in [0.717, 1.165) is 5.70 Å². The van der Waals surface area contributed by atoms with Crippen molar-refractivity contribution in [2.45, 2.75) is 25.0 Å². The number of amides is 2. The molecule has 2 amide bonds. The van der Waals surface area contributed by atoms with E-state index >= 15 is 0 Å². The second kappa shape index (κ2) is 7.26. The summed E-state index contributed by atoms with van der Waals surface area (Å²) in [6, 6.07) is 6.52. The van der Waals surface area contributed by atoms with E-state index in [9.17, 15) is 14.0 Å². The SMILES string of the molecule is O=C(C1=CC2=CNON2C=C1)N1CCC2(CC1)NCC(=O)N2Cc1ccccc1F. The number of hydrogen-bond donors (Lipinski definition) is 2. The highest BCUT2D eigenvalue weighted by atomic mass is 19.1. The van der Waals surface area contributed by atoms with Crippen LogP contribution in [0.3, 0.4) is 0 Å². The molecule has 0 unspecified atom stereocenters. The predicted octanol–water partition coefficient (Wildman–Crippen LogP) is 1.12. The molecule has 0 saturated carbocycles. The monoisotopic (exact) mass is 411 g/mol. The Morgan fingerprint density at radius 3 is 2.83 bits per heavy atom. The number of nitrogens with one attached hydrogen (secondary N) is 2. The second-order valence-electron chi connectivity index (χ2n) is 7.77. The lowest BCUT2D eigenvalue weighted by Crippen LogP contribution is -2.59. The molecule has 0 atom stereocenters. The van der Waals surface area contributed by atoms with Gasteiger partial charge in [0.05, 0.1) is 30.6 Å². The van der Waals surface area contributed by atoms with E-state index in [4.69, 9.17) is 4.94 Å². The Balaban J connectivity index is 1.28. The first-order chi connectivity index (χ1) is 14.6. The van der Waals surface area contributed by atoms with Gasteiger partial charge in [-0.3, -0.25) is 14.9 Å². The first-order valence-electron chi connectivity index (χ1n) is 9.96. The number of benzene rings is 1. The molecule has 4 aliphatic rings. The van der Waals surface area contributed by atoms with Crippen molar-refractivity contribution in [3.63, 3.8) is 0 Å². The number of hydrogen-bond acceptors (Lipinski definition) is 6. The summed E-state index contributed by atoms with van der Waals surface area (Å²) in [5.41, 5.74) is 3.93. The van der Waals surface area contributed by atoms with Gasteiger partial charge in [-0.05, 0) is 18.2 Å². The van der Waals surface area contributed by atoms with Crippen LogP contribution in [0.15, 0.2) is 60.1 Å². The molecule has 0 bridgehead atoms. The number of carbonyl (C=O) groups excluding carboxylic acids is 2. The zero-order chi connectivity index (χ0) is 20.7. The van der Waals surface area contributed by atoms with Crippen LogP contribution < -0.4 is 10.8 Å². The molecule has 4 aliphatic heterocycles. The van der Waals surface area contributed by atoms with Gasteiger partial charge in [0.25, 0.3) is 5.91 Å². The average Bonchev–Trinajstić information content (AvgIpc) is 3.35. The molecule has 30 heavy (non-hydrogen) atoms. The number of likely N-dealkylation sites (tertiary alicyclic amines) is 1. The minimum Gasteiger partial charge on any atom is -0.338 e. The molecule has 1 aromatic rings. The number of nitrogens with zero attached hydrogens (tertiary/aromatic N) is 3. The molecule has 9 heteroatoms. The molecule has 5 rings (SSSR count). The minimum atomic E-state index is -0.546. The van der Waals surface area contributed by atoms with Crippen molar-refractivity contribution in [1.82, 2.24) is 25.7 Å². The zero-order valence-corrected chi connectivity index (χ0v) is 16.3. The van der Waals surface area contributed by atoms with E-state index in [1.165, 1.54) is 11.1 Å². The third-order valence-corrected chi connectivity index (χ3v) is 6.10. The maximum absolute atomic E-state index is 14.1. The molecule has 2 N–H and O–H groups in total. The summed E-state index contributed by atoms with van der Waals surface area (Å²) in [6.07, 6.45) is 8.05. The van der Waals surface area contributed by atoms with Gasteiger partial charge in [0, 0.05) is 43.3 Å². The second-order valence-corrected chi connectivity index (χ2v) is 7.77. The normalized spacial score (nSPS) is 22.2. The lowest BCUT2D eigenvalue weighted by atomic mass is 9.94. The van der Waals surface area contributed by atoms with Crippen LogP contribution in [0.25, 0.3) is 0 Å². The van der Waals surface area contributed by atoms with Gasteiger partial charge in [-0.2, -0.15) is 4.94 Å². The third-order valence-electron chi connectivity index (χ3n) is 6.10. The smallest absolute Gasteiger partial charge is 0.253 e. The number of allylic oxidation sites excluding steroid dienone is 1. The molecule has 8 nitrogen and oxygen atoms in total. The van der Waals surface area contributed by atoms with E-state index in [2.05, 4.69) is 10.8 Å². The van der Waals surface area contributed by atoms with Crippen LogP contribution in [-0.2, 0) is 21.1 Å². The van der Waals surface area contributed by atoms with Gasteiger partial charge in [0.2, 0.25) is 5.91 Å². The van der Waals surface area contributed by atoms with Gasteiger partial charge in [-0.1, -0.05) is 18.2 Å². The number of piperidine rings is 1. The van der Waals surface area contributed by atoms with Crippen molar-refractivity contribution in [3.8, 4) is 0 Å². The number of hydroxylamine groups is 3. The highest BCUT2D eigenvalue weighted by Crippen LogP contribution is 2.33. The van der Waals surface area contributed by atoms with Crippen molar-refractivity contribution in [3.05, 3.63) is 71.5 Å². The van der Waals surface area contributed by atoms with Crippen molar-refractivity contribution in [1.29, 1.82) is 0 Å². The summed E-state index contributed by atoms with van der Waals surface area (Å²) >= 11 is 0. The summed E-state index contributed by atoms with van der Waals surface area (Å²) < 4.78 is 14.1.